The van der Waals surface area contributed by atoms with Gasteiger partial charge in [0.25, 0.3) is 0 Å². The van der Waals surface area contributed by atoms with E-state index in [1.807, 2.05) is 51.1 Å². The van der Waals surface area contributed by atoms with Gasteiger partial charge in [-0.25, -0.2) is 9.59 Å². The van der Waals surface area contributed by atoms with Gasteiger partial charge in [-0.15, -0.1) is 0 Å². The van der Waals surface area contributed by atoms with Crippen molar-refractivity contribution in [3.8, 4) is 6.07 Å². The quantitative estimate of drug-likeness (QED) is 0.748. The van der Waals surface area contributed by atoms with E-state index in [0.717, 1.165) is 12.0 Å². The average molecular weight is 399 g/mol. The Morgan fingerprint density at radius 2 is 1.79 bits per heavy atom. The Labute approximate surface area is 172 Å². The van der Waals surface area contributed by atoms with E-state index < -0.39 is 23.3 Å². The van der Waals surface area contributed by atoms with Gasteiger partial charge in [-0.05, 0) is 52.0 Å². The minimum Gasteiger partial charge on any atom is -0.445 e. The molecule has 0 aliphatic carbocycles. The van der Waals surface area contributed by atoms with Gasteiger partial charge in [-0.1, -0.05) is 30.3 Å². The number of amides is 2. The summed E-state index contributed by atoms with van der Waals surface area (Å²) in [6.45, 7) is 6.68. The molecule has 1 unspecified atom stereocenters. The third-order valence-corrected chi connectivity index (χ3v) is 5.60. The third-order valence-electron chi connectivity index (χ3n) is 5.60. The molecule has 0 aromatic heterocycles. The number of rotatable bonds is 2. The number of ether oxygens (including phenoxy) is 2. The molecule has 2 saturated heterocycles. The molecule has 1 atom stereocenters. The number of nitriles is 1. The minimum absolute atomic E-state index is 0.238. The van der Waals surface area contributed by atoms with E-state index in [1.165, 1.54) is 0 Å². The summed E-state index contributed by atoms with van der Waals surface area (Å²) in [4.78, 5) is 28.6. The van der Waals surface area contributed by atoms with E-state index in [9.17, 15) is 14.9 Å². The third kappa shape index (κ3) is 4.81. The first kappa shape index (κ1) is 21.0. The van der Waals surface area contributed by atoms with E-state index >= 15 is 0 Å². The molecular weight excluding hydrogens is 370 g/mol. The molecular formula is C22H29N3O4. The SMILES string of the molecule is CC(C)(C)OC(=O)N1C(C#N)CCC12CCN(C(=O)OCc1ccccc1)CC2. The molecule has 7 heteroatoms. The average Bonchev–Trinajstić information content (AvgIpc) is 3.04. The molecule has 3 rings (SSSR count). The molecule has 0 saturated carbocycles. The molecule has 1 spiro atoms. The van der Waals surface area contributed by atoms with Crippen LogP contribution in [0.25, 0.3) is 0 Å². The van der Waals surface area contributed by atoms with Crippen molar-refractivity contribution in [2.24, 2.45) is 0 Å². The van der Waals surface area contributed by atoms with E-state index in [4.69, 9.17) is 9.47 Å². The number of hydrogen-bond acceptors (Lipinski definition) is 5. The van der Waals surface area contributed by atoms with Crippen molar-refractivity contribution in [2.45, 2.75) is 70.2 Å². The Morgan fingerprint density at radius 3 is 2.38 bits per heavy atom. The van der Waals surface area contributed by atoms with Crippen molar-refractivity contribution in [2.75, 3.05) is 13.1 Å². The Hall–Kier alpha value is -2.75. The lowest BCUT2D eigenvalue weighted by Crippen LogP contribution is -2.57. The van der Waals surface area contributed by atoms with Crippen LogP contribution in [0, 0.1) is 11.3 Å². The summed E-state index contributed by atoms with van der Waals surface area (Å²) in [7, 11) is 0. The predicted octanol–water partition coefficient (Wildman–Crippen LogP) is 4.08. The molecule has 2 fully saturated rings. The van der Waals surface area contributed by atoms with Crippen molar-refractivity contribution >= 4 is 12.2 Å². The fourth-order valence-electron chi connectivity index (χ4n) is 4.15. The Bertz CT molecular complexity index is 773. The number of carbonyl (C=O) groups excluding carboxylic acids is 2. The first-order valence-corrected chi connectivity index (χ1v) is 10.1. The van der Waals surface area contributed by atoms with Crippen LogP contribution in [0.1, 0.15) is 52.0 Å². The van der Waals surface area contributed by atoms with Gasteiger partial charge in [0.1, 0.15) is 18.2 Å². The monoisotopic (exact) mass is 399 g/mol. The number of benzene rings is 1. The van der Waals surface area contributed by atoms with E-state index in [2.05, 4.69) is 6.07 Å². The van der Waals surface area contributed by atoms with Crippen molar-refractivity contribution in [1.29, 1.82) is 5.26 Å². The van der Waals surface area contributed by atoms with Gasteiger partial charge in [-0.2, -0.15) is 5.26 Å². The maximum absolute atomic E-state index is 12.8. The van der Waals surface area contributed by atoms with Crippen molar-refractivity contribution in [3.05, 3.63) is 35.9 Å². The van der Waals surface area contributed by atoms with Gasteiger partial charge in [-0.3, -0.25) is 4.90 Å². The highest BCUT2D eigenvalue weighted by atomic mass is 16.6. The zero-order valence-corrected chi connectivity index (χ0v) is 17.4. The van der Waals surface area contributed by atoms with Gasteiger partial charge >= 0.3 is 12.2 Å². The first-order chi connectivity index (χ1) is 13.7. The number of hydrogen-bond donors (Lipinski definition) is 0. The standard InChI is InChI=1S/C22H29N3O4/c1-21(2,3)29-20(27)25-18(15-23)9-10-22(25)11-13-24(14-12-22)19(26)28-16-17-7-5-4-6-8-17/h4-8,18H,9-14,16H2,1-3H3. The van der Waals surface area contributed by atoms with Gasteiger partial charge < -0.3 is 14.4 Å². The van der Waals surface area contributed by atoms with Crippen LogP contribution in [-0.4, -0.2) is 52.3 Å². The van der Waals surface area contributed by atoms with Crippen LogP contribution in [0.15, 0.2) is 30.3 Å². The number of likely N-dealkylation sites (tertiary alicyclic amines) is 2. The van der Waals surface area contributed by atoms with Crippen molar-refractivity contribution in [1.82, 2.24) is 9.80 Å². The fraction of sp³-hybridized carbons (Fsp3) is 0.591. The minimum atomic E-state index is -0.622. The number of piperidine rings is 1. The van der Waals surface area contributed by atoms with Crippen LogP contribution in [0.4, 0.5) is 9.59 Å². The topological polar surface area (TPSA) is 82.9 Å². The highest BCUT2D eigenvalue weighted by Crippen LogP contribution is 2.42. The molecule has 1 aromatic rings. The van der Waals surface area contributed by atoms with Crippen LogP contribution in [-0.2, 0) is 16.1 Å². The van der Waals surface area contributed by atoms with E-state index in [1.54, 1.807) is 9.80 Å². The number of carbonyl (C=O) groups is 2. The first-order valence-electron chi connectivity index (χ1n) is 10.1. The maximum Gasteiger partial charge on any atom is 0.411 e. The summed E-state index contributed by atoms with van der Waals surface area (Å²) in [6.07, 6.45) is 1.82. The summed E-state index contributed by atoms with van der Waals surface area (Å²) in [5.41, 5.74) is -0.111. The van der Waals surface area contributed by atoms with Gasteiger partial charge in [0.2, 0.25) is 0 Å². The van der Waals surface area contributed by atoms with Gasteiger partial charge in [0.15, 0.2) is 0 Å². The Balaban J connectivity index is 1.61. The molecule has 1 aromatic carbocycles. The second-order valence-corrected chi connectivity index (χ2v) is 8.79. The van der Waals surface area contributed by atoms with E-state index in [-0.39, 0.29) is 12.7 Å². The Kier molecular flexibility index (Phi) is 6.02. The molecule has 2 aliphatic heterocycles. The smallest absolute Gasteiger partial charge is 0.411 e. The van der Waals surface area contributed by atoms with Gasteiger partial charge in [0.05, 0.1) is 11.6 Å². The lowest BCUT2D eigenvalue weighted by molar-refractivity contribution is -0.0126. The zero-order chi connectivity index (χ0) is 21.1. The number of nitrogens with zero attached hydrogens (tertiary/aromatic N) is 3. The van der Waals surface area contributed by atoms with Crippen LogP contribution < -0.4 is 0 Å². The molecule has 2 amide bonds. The molecule has 7 nitrogen and oxygen atoms in total. The lowest BCUT2D eigenvalue weighted by atomic mass is 9.85. The molecule has 0 N–H and O–H groups in total. The fourth-order valence-corrected chi connectivity index (χ4v) is 4.15. The van der Waals surface area contributed by atoms with Crippen molar-refractivity contribution in [3.63, 3.8) is 0 Å². The highest BCUT2D eigenvalue weighted by Gasteiger charge is 2.52. The zero-order valence-electron chi connectivity index (χ0n) is 17.4. The molecule has 156 valence electrons. The normalized spacial score (nSPS) is 21.0. The summed E-state index contributed by atoms with van der Waals surface area (Å²) in [5, 5.41) is 9.53. The second kappa shape index (κ2) is 8.32. The largest absolute Gasteiger partial charge is 0.445 e. The summed E-state index contributed by atoms with van der Waals surface area (Å²) < 4.78 is 11.0. The lowest BCUT2D eigenvalue weighted by Gasteiger charge is -2.45. The molecule has 0 bridgehead atoms. The van der Waals surface area contributed by atoms with Gasteiger partial charge in [0, 0.05) is 13.1 Å². The summed E-state index contributed by atoms with van der Waals surface area (Å²) in [6, 6.07) is 11.3. The highest BCUT2D eigenvalue weighted by molar-refractivity contribution is 5.71. The van der Waals surface area contributed by atoms with Crippen LogP contribution in [0.2, 0.25) is 0 Å². The van der Waals surface area contributed by atoms with E-state index in [0.29, 0.717) is 32.4 Å². The molecule has 29 heavy (non-hydrogen) atoms. The molecule has 2 aliphatic rings. The Morgan fingerprint density at radius 1 is 1.14 bits per heavy atom. The maximum atomic E-state index is 12.8. The van der Waals surface area contributed by atoms with Crippen molar-refractivity contribution < 1.29 is 19.1 Å². The molecule has 0 radical (unpaired) electrons. The van der Waals surface area contributed by atoms with Crippen LogP contribution in [0.3, 0.4) is 0 Å². The summed E-state index contributed by atoms with van der Waals surface area (Å²) in [5.74, 6) is 0. The van der Waals surface area contributed by atoms with Crippen LogP contribution >= 0.6 is 0 Å². The molecule has 2 heterocycles. The summed E-state index contributed by atoms with van der Waals surface area (Å²) >= 11 is 0. The predicted molar refractivity (Wildman–Crippen MR) is 107 cm³/mol. The van der Waals surface area contributed by atoms with Crippen LogP contribution in [0.5, 0.6) is 0 Å². The second-order valence-electron chi connectivity index (χ2n) is 8.79.